The van der Waals surface area contributed by atoms with Gasteiger partial charge < -0.3 is 31.1 Å². The van der Waals surface area contributed by atoms with Crippen LogP contribution in [-0.2, 0) is 4.79 Å². The lowest BCUT2D eigenvalue weighted by molar-refractivity contribution is -0.129. The van der Waals surface area contributed by atoms with Crippen LogP contribution < -0.4 is 26.0 Å². The summed E-state index contributed by atoms with van der Waals surface area (Å²) in [6, 6.07) is 9.43. The number of piperidine rings is 1. The average Bonchev–Trinajstić information content (AvgIpc) is 3.45. The van der Waals surface area contributed by atoms with E-state index in [0.29, 0.717) is 47.8 Å². The molecular weight excluding hydrogens is 574 g/mol. The zero-order valence-corrected chi connectivity index (χ0v) is 23.7. The van der Waals surface area contributed by atoms with Gasteiger partial charge in [0.25, 0.3) is 5.91 Å². The number of nitrogens with zero attached hydrogens (tertiary/aromatic N) is 4. The Hall–Kier alpha value is -5.13. The number of aliphatic hydroxyl groups excluding tert-OH is 1. The van der Waals surface area contributed by atoms with Crippen LogP contribution >= 0.6 is 0 Å². The fourth-order valence-corrected chi connectivity index (χ4v) is 5.03. The fourth-order valence-electron chi connectivity index (χ4n) is 5.03. The summed E-state index contributed by atoms with van der Waals surface area (Å²) in [6.45, 7) is 2.87. The minimum atomic E-state index is -1.21. The zero-order valence-electron chi connectivity index (χ0n) is 23.7. The van der Waals surface area contributed by atoms with Crippen LogP contribution in [-0.4, -0.2) is 70.2 Å². The number of anilines is 2. The maximum absolute atomic E-state index is 14.9. The zero-order chi connectivity index (χ0) is 31.2. The van der Waals surface area contributed by atoms with Gasteiger partial charge in [-0.05, 0) is 55.8 Å². The van der Waals surface area contributed by atoms with Gasteiger partial charge in [0, 0.05) is 48.8 Å². The van der Waals surface area contributed by atoms with Crippen molar-refractivity contribution in [1.82, 2.24) is 30.3 Å². The third-order valence-electron chi connectivity index (χ3n) is 7.27. The molecule has 1 saturated heterocycles. The van der Waals surface area contributed by atoms with Crippen molar-refractivity contribution >= 4 is 29.0 Å². The Kier molecular flexibility index (Phi) is 9.27. The first-order valence-electron chi connectivity index (χ1n) is 13.9. The number of aryl methyl sites for hydroxylation is 1. The Labute approximate surface area is 251 Å². The van der Waals surface area contributed by atoms with E-state index in [1.54, 1.807) is 41.8 Å². The number of carbonyl (C=O) groups is 2. The molecule has 0 aliphatic carbocycles. The van der Waals surface area contributed by atoms with E-state index in [-0.39, 0.29) is 41.9 Å². The maximum Gasteiger partial charge on any atom is 0.251 e. The Bertz CT molecular complexity index is 1740. The van der Waals surface area contributed by atoms with E-state index < -0.39 is 30.3 Å². The largest absolute Gasteiger partial charge is 0.476 e. The molecule has 4 aromatic rings. The van der Waals surface area contributed by atoms with Gasteiger partial charge in [-0.3, -0.25) is 14.0 Å². The van der Waals surface area contributed by atoms with Gasteiger partial charge in [0.2, 0.25) is 11.7 Å². The molecule has 44 heavy (non-hydrogen) atoms. The molecule has 0 unspecified atom stereocenters. The van der Waals surface area contributed by atoms with Crippen LogP contribution in [0.2, 0.25) is 0 Å². The number of nitriles is 1. The van der Waals surface area contributed by atoms with Gasteiger partial charge in [0.05, 0.1) is 23.9 Å². The molecular formula is C30H30F2N8O4. The Morgan fingerprint density at radius 1 is 1.18 bits per heavy atom. The average molecular weight is 605 g/mol. The molecule has 2 aromatic carbocycles. The summed E-state index contributed by atoms with van der Waals surface area (Å²) in [6.07, 6.45) is 4.27. The lowest BCUT2D eigenvalue weighted by Gasteiger charge is -2.27. The van der Waals surface area contributed by atoms with Crippen LogP contribution in [0.1, 0.15) is 22.3 Å². The number of hydrogen-bond donors (Lipinski definition) is 5. The Balaban J connectivity index is 1.23. The van der Waals surface area contributed by atoms with E-state index in [1.165, 1.54) is 24.5 Å². The van der Waals surface area contributed by atoms with E-state index in [4.69, 9.17) is 10.00 Å². The number of rotatable bonds is 10. The van der Waals surface area contributed by atoms with E-state index in [1.807, 2.05) is 0 Å². The summed E-state index contributed by atoms with van der Waals surface area (Å²) >= 11 is 0. The summed E-state index contributed by atoms with van der Waals surface area (Å²) in [4.78, 5) is 33.8. The number of β-amino-alcohol motifs (C(OH)–C–C–N with tert-alkyl or cyclic N) is 1. The molecule has 5 rings (SSSR count). The minimum Gasteiger partial charge on any atom is -0.476 e. The number of hydrogen-bond acceptors (Lipinski definition) is 9. The molecule has 3 heterocycles. The van der Waals surface area contributed by atoms with Gasteiger partial charge in [-0.15, -0.1) is 0 Å². The molecule has 0 radical (unpaired) electrons. The van der Waals surface area contributed by atoms with Crippen molar-refractivity contribution in [2.45, 2.75) is 19.4 Å². The Morgan fingerprint density at radius 3 is 2.77 bits per heavy atom. The van der Waals surface area contributed by atoms with E-state index >= 15 is 0 Å². The monoisotopic (exact) mass is 604 g/mol. The molecule has 5 N–H and O–H groups in total. The Morgan fingerprint density at radius 2 is 2.00 bits per heavy atom. The molecule has 228 valence electrons. The normalized spacial score (nSPS) is 16.2. The third-order valence-corrected chi connectivity index (χ3v) is 7.27. The predicted molar refractivity (Wildman–Crippen MR) is 156 cm³/mol. The van der Waals surface area contributed by atoms with Crippen LogP contribution in [0, 0.1) is 35.8 Å². The topological polar surface area (TPSA) is 166 Å². The number of imidazole rings is 1. The van der Waals surface area contributed by atoms with Gasteiger partial charge in [-0.25, -0.2) is 14.4 Å². The standard InChI is InChI=1S/C30H30F2N8O4/c1-17-14-18(2-3-19(17)29(42)36-9-10-37-30(43)21-6-8-34-16-23(21)41)39-27-28-38-15-22(40(28)12-11-35-27)20-4-5-24(44-13-7-33)26(32)25(20)31/h2-5,11-12,14-15,21,23,34,41H,6,8-10,13,16H2,1H3,(H,35,39)(H,36,42)(H,37,43)/t21-,23+/m1/s1. The van der Waals surface area contributed by atoms with Gasteiger partial charge in [0.1, 0.15) is 6.07 Å². The highest BCUT2D eigenvalue weighted by atomic mass is 19.2. The summed E-state index contributed by atoms with van der Waals surface area (Å²) in [7, 11) is 0. The number of nitrogens with one attached hydrogen (secondary N) is 4. The van der Waals surface area contributed by atoms with Crippen LogP contribution in [0.4, 0.5) is 20.3 Å². The van der Waals surface area contributed by atoms with Crippen molar-refractivity contribution in [2.24, 2.45) is 5.92 Å². The van der Waals surface area contributed by atoms with Crippen molar-refractivity contribution in [2.75, 3.05) is 38.1 Å². The quantitative estimate of drug-likeness (QED) is 0.171. The van der Waals surface area contributed by atoms with Gasteiger partial charge in [-0.1, -0.05) is 0 Å². The van der Waals surface area contributed by atoms with Crippen molar-refractivity contribution in [3.63, 3.8) is 0 Å². The first-order valence-corrected chi connectivity index (χ1v) is 13.9. The van der Waals surface area contributed by atoms with Gasteiger partial charge in [0.15, 0.2) is 29.6 Å². The number of halogens is 2. The van der Waals surface area contributed by atoms with Gasteiger partial charge >= 0.3 is 0 Å². The molecule has 2 amide bonds. The summed E-state index contributed by atoms with van der Waals surface area (Å²) < 4.78 is 36.0. The first-order chi connectivity index (χ1) is 21.3. The number of aliphatic hydroxyl groups is 1. The van der Waals surface area contributed by atoms with E-state index in [0.717, 1.165) is 0 Å². The number of carbonyl (C=O) groups excluding carboxylic acids is 2. The summed E-state index contributed by atoms with van der Waals surface area (Å²) in [5.74, 6) is -3.36. The molecule has 0 spiro atoms. The number of ether oxygens (including phenoxy) is 1. The molecule has 0 bridgehead atoms. The third kappa shape index (κ3) is 6.43. The highest BCUT2D eigenvalue weighted by Crippen LogP contribution is 2.32. The second kappa shape index (κ2) is 13.4. The SMILES string of the molecule is Cc1cc(Nc2nccn3c(-c4ccc(OCC#N)c(F)c4F)cnc23)ccc1C(=O)NCCNC(=O)[C@@H]1CCNC[C@@H]1O. The molecule has 1 fully saturated rings. The van der Waals surface area contributed by atoms with E-state index in [9.17, 15) is 23.5 Å². The highest BCUT2D eigenvalue weighted by molar-refractivity contribution is 5.96. The maximum atomic E-state index is 14.9. The smallest absolute Gasteiger partial charge is 0.251 e. The van der Waals surface area contributed by atoms with Gasteiger partial charge in [-0.2, -0.15) is 9.65 Å². The van der Waals surface area contributed by atoms with Crippen molar-refractivity contribution in [1.29, 1.82) is 5.26 Å². The molecule has 1 aliphatic rings. The predicted octanol–water partition coefficient (Wildman–Crippen LogP) is 2.45. The summed E-state index contributed by atoms with van der Waals surface area (Å²) in [5, 5.41) is 30.4. The van der Waals surface area contributed by atoms with Crippen molar-refractivity contribution in [3.8, 4) is 23.1 Å². The van der Waals surface area contributed by atoms with E-state index in [2.05, 4.69) is 31.2 Å². The fraction of sp³-hybridized carbons (Fsp3) is 0.300. The van der Waals surface area contributed by atoms with Crippen molar-refractivity contribution in [3.05, 3.63) is 71.7 Å². The second-order valence-corrected chi connectivity index (χ2v) is 10.2. The molecule has 0 saturated carbocycles. The van der Waals surface area contributed by atoms with Crippen LogP contribution in [0.3, 0.4) is 0 Å². The second-order valence-electron chi connectivity index (χ2n) is 10.2. The number of aromatic nitrogens is 3. The number of amides is 2. The number of benzene rings is 2. The van der Waals surface area contributed by atoms with Crippen LogP contribution in [0.5, 0.6) is 5.75 Å². The molecule has 2 aromatic heterocycles. The molecule has 1 aliphatic heterocycles. The lowest BCUT2D eigenvalue weighted by atomic mass is 9.94. The van der Waals surface area contributed by atoms with Crippen molar-refractivity contribution < 1.29 is 28.2 Å². The molecule has 12 nitrogen and oxygen atoms in total. The van der Waals surface area contributed by atoms with Crippen LogP contribution in [0.25, 0.3) is 16.9 Å². The lowest BCUT2D eigenvalue weighted by Crippen LogP contribution is -2.48. The number of fused-ring (bicyclic) bond motifs is 1. The molecule has 14 heteroatoms. The minimum absolute atomic E-state index is 0.0499. The summed E-state index contributed by atoms with van der Waals surface area (Å²) in [5.41, 5.74) is 2.33. The van der Waals surface area contributed by atoms with Crippen LogP contribution in [0.15, 0.2) is 48.9 Å². The highest BCUT2D eigenvalue weighted by Gasteiger charge is 2.29. The first kappa shape index (κ1) is 30.3. The molecule has 2 atom stereocenters.